The third kappa shape index (κ3) is 2.49. The Morgan fingerprint density at radius 1 is 1.53 bits per heavy atom. The van der Waals surface area contributed by atoms with Crippen molar-refractivity contribution in [2.75, 3.05) is 13.1 Å². The summed E-state index contributed by atoms with van der Waals surface area (Å²) in [5.74, 6) is 0.154. The van der Waals surface area contributed by atoms with Crippen LogP contribution >= 0.6 is 0 Å². The Morgan fingerprint density at radius 2 is 2.13 bits per heavy atom. The van der Waals surface area contributed by atoms with E-state index in [-0.39, 0.29) is 23.8 Å². The molecule has 1 atom stereocenters. The summed E-state index contributed by atoms with van der Waals surface area (Å²) in [6, 6.07) is -0.313. The first-order valence-corrected chi connectivity index (χ1v) is 5.70. The van der Waals surface area contributed by atoms with Crippen LogP contribution in [0.15, 0.2) is 0 Å². The molecule has 0 aromatic rings. The van der Waals surface area contributed by atoms with Crippen LogP contribution < -0.4 is 5.32 Å². The lowest BCUT2D eigenvalue weighted by atomic mass is 10.00. The topological polar surface area (TPSA) is 49.4 Å². The third-order valence-corrected chi connectivity index (χ3v) is 3.12. The van der Waals surface area contributed by atoms with Crippen LogP contribution in [-0.4, -0.2) is 35.8 Å². The first-order valence-electron chi connectivity index (χ1n) is 5.70. The number of carbonyl (C=O) groups is 2. The Bertz CT molecular complexity index is 249. The molecular weight excluding hydrogens is 192 g/mol. The van der Waals surface area contributed by atoms with E-state index in [0.717, 1.165) is 12.8 Å². The predicted molar refractivity (Wildman–Crippen MR) is 58.3 cm³/mol. The highest BCUT2D eigenvalue weighted by Gasteiger charge is 2.31. The van der Waals surface area contributed by atoms with Crippen molar-refractivity contribution >= 4 is 11.8 Å². The Hall–Kier alpha value is -1.06. The van der Waals surface area contributed by atoms with Crippen LogP contribution in [0.25, 0.3) is 0 Å². The maximum absolute atomic E-state index is 12.1. The SMILES string of the molecule is CCC(CC)C(=O)N1CCNC(=O)C1C. The molecule has 1 unspecified atom stereocenters. The van der Waals surface area contributed by atoms with E-state index < -0.39 is 0 Å². The van der Waals surface area contributed by atoms with Gasteiger partial charge in [-0.25, -0.2) is 0 Å². The van der Waals surface area contributed by atoms with Gasteiger partial charge in [-0.15, -0.1) is 0 Å². The molecule has 1 N–H and O–H groups in total. The minimum Gasteiger partial charge on any atom is -0.353 e. The van der Waals surface area contributed by atoms with Gasteiger partial charge in [0.05, 0.1) is 0 Å². The minimum absolute atomic E-state index is 0.0412. The Balaban J connectivity index is 2.69. The average molecular weight is 212 g/mol. The fraction of sp³-hybridized carbons (Fsp3) is 0.818. The van der Waals surface area contributed by atoms with Crippen molar-refractivity contribution in [3.8, 4) is 0 Å². The Kier molecular flexibility index (Phi) is 4.12. The van der Waals surface area contributed by atoms with Crippen molar-refractivity contribution in [2.24, 2.45) is 5.92 Å². The summed E-state index contributed by atoms with van der Waals surface area (Å²) in [6.45, 7) is 7.04. The van der Waals surface area contributed by atoms with Crippen LogP contribution in [0.3, 0.4) is 0 Å². The molecule has 4 nitrogen and oxygen atoms in total. The summed E-state index contributed by atoms with van der Waals surface area (Å²) in [4.78, 5) is 25.2. The van der Waals surface area contributed by atoms with Gasteiger partial charge in [0.15, 0.2) is 0 Å². The van der Waals surface area contributed by atoms with Gasteiger partial charge >= 0.3 is 0 Å². The molecule has 1 aliphatic rings. The summed E-state index contributed by atoms with van der Waals surface area (Å²) in [7, 11) is 0. The van der Waals surface area contributed by atoms with Crippen LogP contribution in [0.2, 0.25) is 0 Å². The molecule has 1 heterocycles. The van der Waals surface area contributed by atoms with Crippen molar-refractivity contribution in [2.45, 2.75) is 39.7 Å². The van der Waals surface area contributed by atoms with Gasteiger partial charge in [0, 0.05) is 19.0 Å². The second-order valence-electron chi connectivity index (χ2n) is 4.01. The van der Waals surface area contributed by atoms with Gasteiger partial charge in [-0.05, 0) is 19.8 Å². The van der Waals surface area contributed by atoms with Gasteiger partial charge in [0.1, 0.15) is 6.04 Å². The number of hydrogen-bond acceptors (Lipinski definition) is 2. The molecule has 0 spiro atoms. The van der Waals surface area contributed by atoms with Gasteiger partial charge < -0.3 is 10.2 Å². The number of nitrogens with one attached hydrogen (secondary N) is 1. The van der Waals surface area contributed by atoms with E-state index in [1.54, 1.807) is 11.8 Å². The summed E-state index contributed by atoms with van der Waals surface area (Å²) < 4.78 is 0. The number of amides is 2. The van der Waals surface area contributed by atoms with Crippen LogP contribution in [0.4, 0.5) is 0 Å². The summed E-state index contributed by atoms with van der Waals surface area (Å²) in [6.07, 6.45) is 1.69. The van der Waals surface area contributed by atoms with Crippen LogP contribution in [-0.2, 0) is 9.59 Å². The van der Waals surface area contributed by atoms with Crippen LogP contribution in [0, 0.1) is 5.92 Å². The molecule has 86 valence electrons. The first kappa shape index (κ1) is 12.0. The second kappa shape index (κ2) is 5.14. The lowest BCUT2D eigenvalue weighted by Gasteiger charge is -2.35. The number of hydrogen-bond donors (Lipinski definition) is 1. The number of carbonyl (C=O) groups excluding carboxylic acids is 2. The highest BCUT2D eigenvalue weighted by molar-refractivity contribution is 5.89. The van der Waals surface area contributed by atoms with Crippen molar-refractivity contribution < 1.29 is 9.59 Å². The zero-order chi connectivity index (χ0) is 11.4. The normalized spacial score (nSPS) is 21.7. The summed E-state index contributed by atoms with van der Waals surface area (Å²) in [5, 5.41) is 2.76. The zero-order valence-electron chi connectivity index (χ0n) is 9.75. The molecule has 2 amide bonds. The highest BCUT2D eigenvalue weighted by atomic mass is 16.2. The summed E-state index contributed by atoms with van der Waals surface area (Å²) in [5.41, 5.74) is 0. The Labute approximate surface area is 91.0 Å². The molecular formula is C11H20N2O2. The molecule has 0 bridgehead atoms. The second-order valence-corrected chi connectivity index (χ2v) is 4.01. The fourth-order valence-corrected chi connectivity index (χ4v) is 1.96. The van der Waals surface area contributed by atoms with E-state index in [2.05, 4.69) is 5.32 Å². The number of nitrogens with zero attached hydrogens (tertiary/aromatic N) is 1. The molecule has 1 rings (SSSR count). The number of rotatable bonds is 3. The molecule has 1 saturated heterocycles. The predicted octanol–water partition coefficient (Wildman–Crippen LogP) is 0.769. The molecule has 4 heteroatoms. The summed E-state index contributed by atoms with van der Waals surface area (Å²) >= 11 is 0. The molecule has 0 saturated carbocycles. The van der Waals surface area contributed by atoms with Gasteiger partial charge in [0.2, 0.25) is 11.8 Å². The zero-order valence-corrected chi connectivity index (χ0v) is 9.75. The molecule has 0 aliphatic carbocycles. The molecule has 15 heavy (non-hydrogen) atoms. The van der Waals surface area contributed by atoms with Gasteiger partial charge in [-0.1, -0.05) is 13.8 Å². The van der Waals surface area contributed by atoms with Gasteiger partial charge in [-0.2, -0.15) is 0 Å². The standard InChI is InChI=1S/C11H20N2O2/c1-4-9(5-2)11(15)13-7-6-12-10(14)8(13)3/h8-9H,4-7H2,1-3H3,(H,12,14). The minimum atomic E-state index is -0.313. The number of piperazine rings is 1. The van der Waals surface area contributed by atoms with E-state index in [4.69, 9.17) is 0 Å². The lowest BCUT2D eigenvalue weighted by Crippen LogP contribution is -2.57. The van der Waals surface area contributed by atoms with Crippen LogP contribution in [0.5, 0.6) is 0 Å². The quantitative estimate of drug-likeness (QED) is 0.751. The largest absolute Gasteiger partial charge is 0.353 e. The first-order chi connectivity index (χ1) is 7.11. The van der Waals surface area contributed by atoms with Crippen molar-refractivity contribution in [3.63, 3.8) is 0 Å². The van der Waals surface area contributed by atoms with Crippen molar-refractivity contribution in [1.29, 1.82) is 0 Å². The fourth-order valence-electron chi connectivity index (χ4n) is 1.96. The van der Waals surface area contributed by atoms with E-state index in [1.165, 1.54) is 0 Å². The monoisotopic (exact) mass is 212 g/mol. The van der Waals surface area contributed by atoms with E-state index in [1.807, 2.05) is 13.8 Å². The molecule has 0 radical (unpaired) electrons. The van der Waals surface area contributed by atoms with Gasteiger partial charge in [-0.3, -0.25) is 9.59 Å². The van der Waals surface area contributed by atoms with Crippen molar-refractivity contribution in [1.82, 2.24) is 10.2 Å². The molecule has 0 aromatic heterocycles. The lowest BCUT2D eigenvalue weighted by molar-refractivity contribution is -0.145. The van der Waals surface area contributed by atoms with Gasteiger partial charge in [0.25, 0.3) is 0 Å². The Morgan fingerprint density at radius 3 is 2.67 bits per heavy atom. The maximum atomic E-state index is 12.1. The van der Waals surface area contributed by atoms with E-state index in [9.17, 15) is 9.59 Å². The highest BCUT2D eigenvalue weighted by Crippen LogP contribution is 2.15. The maximum Gasteiger partial charge on any atom is 0.242 e. The molecule has 1 fully saturated rings. The molecule has 0 aromatic carbocycles. The third-order valence-electron chi connectivity index (χ3n) is 3.12. The van der Waals surface area contributed by atoms with E-state index in [0.29, 0.717) is 13.1 Å². The average Bonchev–Trinajstić information content (AvgIpc) is 2.23. The van der Waals surface area contributed by atoms with Crippen LogP contribution in [0.1, 0.15) is 33.6 Å². The van der Waals surface area contributed by atoms with E-state index >= 15 is 0 Å². The smallest absolute Gasteiger partial charge is 0.242 e. The van der Waals surface area contributed by atoms with Crippen molar-refractivity contribution in [3.05, 3.63) is 0 Å². The molecule has 1 aliphatic heterocycles.